The lowest BCUT2D eigenvalue weighted by Crippen LogP contribution is -2.17. The summed E-state index contributed by atoms with van der Waals surface area (Å²) in [5.74, 6) is -3.78. The molecule has 0 heterocycles. The zero-order valence-electron chi connectivity index (χ0n) is 14.0. The minimum absolute atomic E-state index is 0.130. The molecule has 0 saturated heterocycles. The minimum Gasteiger partial charge on any atom is -0.510 e. The fraction of sp³-hybridized carbons (Fsp3) is 0.111. The molecule has 1 N–H and O–H groups in total. The number of benzene rings is 2. The van der Waals surface area contributed by atoms with Gasteiger partial charge < -0.3 is 9.84 Å². The van der Waals surface area contributed by atoms with Crippen molar-refractivity contribution in [3.8, 4) is 11.8 Å². The molecule has 0 bridgehead atoms. The van der Waals surface area contributed by atoms with Crippen LogP contribution in [-0.4, -0.2) is 25.2 Å². The van der Waals surface area contributed by atoms with Crippen LogP contribution in [0, 0.1) is 11.3 Å². The molecular formula is C18H12F3NO5S. The van der Waals surface area contributed by atoms with Crippen LogP contribution in [0.5, 0.6) is 5.75 Å². The summed E-state index contributed by atoms with van der Waals surface area (Å²) >= 11 is 0. The Balaban J connectivity index is 2.21. The molecule has 0 aromatic heterocycles. The number of aliphatic hydroxyl groups excluding tert-OH is 1. The first-order valence-electron chi connectivity index (χ1n) is 7.54. The molecule has 0 atom stereocenters. The molecule has 6 nitrogen and oxygen atoms in total. The second kappa shape index (κ2) is 8.14. The van der Waals surface area contributed by atoms with Crippen LogP contribution in [0.15, 0.2) is 70.8 Å². The normalized spacial score (nSPS) is 12.6. The van der Waals surface area contributed by atoms with E-state index in [1.165, 1.54) is 30.3 Å². The van der Waals surface area contributed by atoms with Crippen molar-refractivity contribution in [2.45, 2.75) is 11.1 Å². The summed E-state index contributed by atoms with van der Waals surface area (Å²) in [7, 11) is -4.03. The van der Waals surface area contributed by atoms with Crippen molar-refractivity contribution >= 4 is 15.8 Å². The van der Waals surface area contributed by atoms with E-state index in [0.717, 1.165) is 12.1 Å². The van der Waals surface area contributed by atoms with Gasteiger partial charge >= 0.3 is 12.1 Å². The average Bonchev–Trinajstić information content (AvgIpc) is 2.62. The molecule has 28 heavy (non-hydrogen) atoms. The molecule has 0 radical (unpaired) electrons. The number of esters is 1. The second-order valence-corrected chi connectivity index (χ2v) is 7.41. The highest BCUT2D eigenvalue weighted by atomic mass is 32.2. The number of rotatable bonds is 5. The average molecular weight is 411 g/mol. The monoisotopic (exact) mass is 411 g/mol. The summed E-state index contributed by atoms with van der Waals surface area (Å²) in [6.45, 7) is 0. The molecule has 0 aliphatic heterocycles. The van der Waals surface area contributed by atoms with E-state index in [-0.39, 0.29) is 10.6 Å². The van der Waals surface area contributed by atoms with Crippen LogP contribution in [-0.2, 0) is 20.8 Å². The van der Waals surface area contributed by atoms with Crippen molar-refractivity contribution in [1.82, 2.24) is 0 Å². The quantitative estimate of drug-likeness (QED) is 0.266. The van der Waals surface area contributed by atoms with Gasteiger partial charge in [0.15, 0.2) is 15.4 Å². The SMILES string of the molecule is N#C/C(C(=O)Oc1ccc(C(F)(F)F)cc1)=C(/O)CS(=O)(=O)c1ccccc1. The molecule has 146 valence electrons. The third-order valence-electron chi connectivity index (χ3n) is 3.43. The number of hydrogen-bond acceptors (Lipinski definition) is 6. The van der Waals surface area contributed by atoms with Crippen molar-refractivity contribution in [2.75, 3.05) is 5.75 Å². The first kappa shape index (κ1) is 21.0. The number of alkyl halides is 3. The van der Waals surface area contributed by atoms with E-state index < -0.39 is 44.6 Å². The lowest BCUT2D eigenvalue weighted by atomic mass is 10.2. The second-order valence-electron chi connectivity index (χ2n) is 5.42. The van der Waals surface area contributed by atoms with E-state index in [0.29, 0.717) is 12.1 Å². The summed E-state index contributed by atoms with van der Waals surface area (Å²) in [5.41, 5.74) is -1.94. The number of carbonyl (C=O) groups is 1. The number of nitriles is 1. The van der Waals surface area contributed by atoms with E-state index in [1.54, 1.807) is 6.07 Å². The van der Waals surface area contributed by atoms with Gasteiger partial charge in [-0.1, -0.05) is 18.2 Å². The van der Waals surface area contributed by atoms with Crippen LogP contribution >= 0.6 is 0 Å². The lowest BCUT2D eigenvalue weighted by Gasteiger charge is -2.09. The highest BCUT2D eigenvalue weighted by Crippen LogP contribution is 2.30. The van der Waals surface area contributed by atoms with Crippen LogP contribution in [0.2, 0.25) is 0 Å². The van der Waals surface area contributed by atoms with Gasteiger partial charge in [-0.15, -0.1) is 0 Å². The van der Waals surface area contributed by atoms with Gasteiger partial charge in [0.25, 0.3) is 0 Å². The molecule has 0 amide bonds. The van der Waals surface area contributed by atoms with Gasteiger partial charge in [0.05, 0.1) is 10.5 Å². The van der Waals surface area contributed by atoms with E-state index in [9.17, 15) is 31.5 Å². The van der Waals surface area contributed by atoms with Crippen LogP contribution in [0.3, 0.4) is 0 Å². The van der Waals surface area contributed by atoms with Crippen molar-refractivity contribution < 1.29 is 36.2 Å². The highest BCUT2D eigenvalue weighted by Gasteiger charge is 2.30. The van der Waals surface area contributed by atoms with Crippen LogP contribution < -0.4 is 4.74 Å². The lowest BCUT2D eigenvalue weighted by molar-refractivity contribution is -0.137. The summed E-state index contributed by atoms with van der Waals surface area (Å²) in [6, 6.07) is 11.4. The number of sulfone groups is 1. The van der Waals surface area contributed by atoms with Gasteiger partial charge in [-0.25, -0.2) is 13.2 Å². The summed E-state index contributed by atoms with van der Waals surface area (Å²) < 4.78 is 66.7. The Morgan fingerprint density at radius 1 is 1.07 bits per heavy atom. The smallest absolute Gasteiger partial charge is 0.416 e. The molecule has 0 aliphatic carbocycles. The molecule has 0 aliphatic rings. The number of hydrogen-bond donors (Lipinski definition) is 1. The predicted molar refractivity (Wildman–Crippen MR) is 90.8 cm³/mol. The Labute approximate surface area is 158 Å². The van der Waals surface area contributed by atoms with Crippen LogP contribution in [0.25, 0.3) is 0 Å². The van der Waals surface area contributed by atoms with E-state index in [4.69, 9.17) is 10.00 Å². The molecule has 10 heteroatoms. The number of aliphatic hydroxyl groups is 1. The van der Waals surface area contributed by atoms with E-state index in [2.05, 4.69) is 0 Å². The van der Waals surface area contributed by atoms with Gasteiger partial charge in [0.1, 0.15) is 23.3 Å². The van der Waals surface area contributed by atoms with E-state index in [1.807, 2.05) is 0 Å². The Bertz CT molecular complexity index is 1040. The Morgan fingerprint density at radius 3 is 2.14 bits per heavy atom. The molecule has 2 aromatic carbocycles. The van der Waals surface area contributed by atoms with E-state index >= 15 is 0 Å². The first-order valence-corrected chi connectivity index (χ1v) is 9.19. The number of nitrogens with zero attached hydrogens (tertiary/aromatic N) is 1. The van der Waals surface area contributed by atoms with Gasteiger partial charge in [0, 0.05) is 0 Å². The van der Waals surface area contributed by atoms with Crippen molar-refractivity contribution in [2.24, 2.45) is 0 Å². The number of ether oxygens (including phenoxy) is 1. The van der Waals surface area contributed by atoms with Gasteiger partial charge in [-0.3, -0.25) is 0 Å². The fourth-order valence-electron chi connectivity index (χ4n) is 2.06. The highest BCUT2D eigenvalue weighted by molar-refractivity contribution is 7.91. The maximum atomic E-state index is 12.5. The minimum atomic E-state index is -4.58. The number of carbonyl (C=O) groups excluding carboxylic acids is 1. The molecule has 0 fully saturated rings. The Hall–Kier alpha value is -3.32. The standard InChI is InChI=1S/C18H12F3NO5S/c19-18(20,21)12-6-8-13(9-7-12)27-17(24)15(10-22)16(23)11-28(25,26)14-4-2-1-3-5-14/h1-9,23H,11H2/b16-15-. The molecule has 0 saturated carbocycles. The van der Waals surface area contributed by atoms with Gasteiger partial charge in [-0.2, -0.15) is 18.4 Å². The van der Waals surface area contributed by atoms with Gasteiger partial charge in [0.2, 0.25) is 0 Å². The Morgan fingerprint density at radius 2 is 1.64 bits per heavy atom. The van der Waals surface area contributed by atoms with Crippen molar-refractivity contribution in [3.05, 3.63) is 71.5 Å². The zero-order valence-corrected chi connectivity index (χ0v) is 14.8. The summed E-state index contributed by atoms with van der Waals surface area (Å²) in [4.78, 5) is 11.9. The number of halogens is 3. The summed E-state index contributed by atoms with van der Waals surface area (Å²) in [6.07, 6.45) is -4.58. The molecular weight excluding hydrogens is 399 g/mol. The Kier molecular flexibility index (Phi) is 6.10. The predicted octanol–water partition coefficient (Wildman–Crippen LogP) is 3.42. The summed E-state index contributed by atoms with van der Waals surface area (Å²) in [5, 5.41) is 19.0. The molecule has 0 unspecified atom stereocenters. The molecule has 2 rings (SSSR count). The zero-order chi connectivity index (χ0) is 20.9. The largest absolute Gasteiger partial charge is 0.510 e. The van der Waals surface area contributed by atoms with Crippen molar-refractivity contribution in [1.29, 1.82) is 5.26 Å². The maximum absolute atomic E-state index is 12.5. The first-order chi connectivity index (χ1) is 13.0. The third kappa shape index (κ3) is 5.11. The van der Waals surface area contributed by atoms with Gasteiger partial charge in [-0.05, 0) is 36.4 Å². The fourth-order valence-corrected chi connectivity index (χ4v) is 3.30. The molecule has 2 aromatic rings. The topological polar surface area (TPSA) is 104 Å². The molecule has 0 spiro atoms. The van der Waals surface area contributed by atoms with Crippen LogP contribution in [0.4, 0.5) is 13.2 Å². The third-order valence-corrected chi connectivity index (χ3v) is 5.07. The maximum Gasteiger partial charge on any atom is 0.416 e. The van der Waals surface area contributed by atoms with Crippen molar-refractivity contribution in [3.63, 3.8) is 0 Å². The van der Waals surface area contributed by atoms with Crippen LogP contribution in [0.1, 0.15) is 5.56 Å².